The number of carbonyl (C=O) groups excluding carboxylic acids is 1. The van der Waals surface area contributed by atoms with Crippen LogP contribution in [0.2, 0.25) is 0 Å². The number of para-hydroxylation sites is 1. The first-order valence-electron chi connectivity index (χ1n) is 12.6. The molecular weight excluding hydrogens is 484 g/mol. The summed E-state index contributed by atoms with van der Waals surface area (Å²) in [5.41, 5.74) is 4.60. The van der Waals surface area contributed by atoms with Crippen molar-refractivity contribution < 1.29 is 14.3 Å². The number of carbonyl (C=O) groups is 1. The van der Waals surface area contributed by atoms with Gasteiger partial charge in [-0.2, -0.15) is 10.1 Å². The third kappa shape index (κ3) is 5.65. The lowest BCUT2D eigenvalue weighted by molar-refractivity contribution is -0.113. The first kappa shape index (κ1) is 25.3. The van der Waals surface area contributed by atoms with Crippen LogP contribution in [0.15, 0.2) is 64.6 Å². The molecule has 0 spiro atoms. The Morgan fingerprint density at radius 3 is 2.51 bits per heavy atom. The van der Waals surface area contributed by atoms with Gasteiger partial charge in [0.2, 0.25) is 0 Å². The van der Waals surface area contributed by atoms with Crippen molar-refractivity contribution in [1.29, 1.82) is 0 Å². The van der Waals surface area contributed by atoms with Crippen molar-refractivity contribution in [1.82, 2.24) is 14.7 Å². The summed E-state index contributed by atoms with van der Waals surface area (Å²) in [6, 6.07) is 16.1. The molecule has 1 saturated heterocycles. The van der Waals surface area contributed by atoms with Crippen LogP contribution in [0.1, 0.15) is 38.8 Å². The second-order valence-corrected chi connectivity index (χ2v) is 10.8. The maximum atomic E-state index is 12.9. The predicted octanol–water partition coefficient (Wildman–Crippen LogP) is 5.71. The summed E-state index contributed by atoms with van der Waals surface area (Å²) < 4.78 is 13.6. The van der Waals surface area contributed by atoms with Gasteiger partial charge in [-0.15, -0.1) is 0 Å². The fourth-order valence-corrected chi connectivity index (χ4v) is 5.54. The van der Waals surface area contributed by atoms with Crippen molar-refractivity contribution in [3.05, 3.63) is 70.8 Å². The van der Waals surface area contributed by atoms with Crippen LogP contribution in [0, 0.1) is 6.92 Å². The molecule has 0 saturated carbocycles. The van der Waals surface area contributed by atoms with E-state index in [0.717, 1.165) is 52.1 Å². The number of amidine groups is 1. The Morgan fingerprint density at radius 2 is 1.84 bits per heavy atom. The van der Waals surface area contributed by atoms with Crippen molar-refractivity contribution in [3.8, 4) is 22.7 Å². The molecule has 2 aliphatic rings. The van der Waals surface area contributed by atoms with Crippen molar-refractivity contribution in [3.63, 3.8) is 0 Å². The van der Waals surface area contributed by atoms with Gasteiger partial charge in [-0.25, -0.2) is 4.68 Å². The number of aliphatic imine (C=N–C) groups is 1. The Hall–Kier alpha value is -3.36. The fourth-order valence-electron chi connectivity index (χ4n) is 4.62. The van der Waals surface area contributed by atoms with Crippen LogP contribution in [0.3, 0.4) is 0 Å². The maximum Gasteiger partial charge on any atom is 0.286 e. The second kappa shape index (κ2) is 10.6. The molecule has 1 amide bonds. The van der Waals surface area contributed by atoms with Gasteiger partial charge < -0.3 is 14.4 Å². The summed E-state index contributed by atoms with van der Waals surface area (Å²) in [4.78, 5) is 20.1. The topological polar surface area (TPSA) is 69.0 Å². The fraction of sp³-hybridized carbons (Fsp3) is 0.345. The predicted molar refractivity (Wildman–Crippen MR) is 149 cm³/mol. The number of hydrogen-bond acceptors (Lipinski definition) is 6. The Labute approximate surface area is 222 Å². The number of rotatable bonds is 5. The Kier molecular flexibility index (Phi) is 7.22. The van der Waals surface area contributed by atoms with Gasteiger partial charge in [-0.05, 0) is 88.4 Å². The molecule has 0 unspecified atom stereocenters. The zero-order valence-electron chi connectivity index (χ0n) is 21.8. The van der Waals surface area contributed by atoms with Crippen LogP contribution in [0.5, 0.6) is 5.75 Å². The number of benzene rings is 2. The summed E-state index contributed by atoms with van der Waals surface area (Å²) in [7, 11) is 0. The zero-order chi connectivity index (χ0) is 26.1. The minimum absolute atomic E-state index is 0.0942. The molecule has 8 heteroatoms. The van der Waals surface area contributed by atoms with Gasteiger partial charge in [-0.3, -0.25) is 4.79 Å². The normalized spacial score (nSPS) is 21.1. The van der Waals surface area contributed by atoms with Crippen LogP contribution in [0.25, 0.3) is 23.0 Å². The van der Waals surface area contributed by atoms with Crippen LogP contribution in [-0.2, 0) is 9.53 Å². The number of amides is 1. The molecule has 1 fully saturated rings. The molecule has 2 atom stereocenters. The molecule has 37 heavy (non-hydrogen) atoms. The average Bonchev–Trinajstić information content (AvgIpc) is 3.44. The Bertz CT molecular complexity index is 1350. The third-order valence-electron chi connectivity index (χ3n) is 6.16. The molecular formula is C29H32N4O3S. The van der Waals surface area contributed by atoms with E-state index in [0.29, 0.717) is 4.91 Å². The van der Waals surface area contributed by atoms with E-state index in [4.69, 9.17) is 14.6 Å². The lowest BCUT2D eigenvalue weighted by atomic mass is 10.0. The van der Waals surface area contributed by atoms with E-state index < -0.39 is 0 Å². The third-order valence-corrected chi connectivity index (χ3v) is 7.20. The van der Waals surface area contributed by atoms with E-state index in [1.807, 2.05) is 94.0 Å². The molecule has 0 N–H and O–H groups in total. The van der Waals surface area contributed by atoms with E-state index in [9.17, 15) is 4.79 Å². The average molecular weight is 517 g/mol. The number of ether oxygens (including phenoxy) is 2. The number of aryl methyl sites for hydroxylation is 1. The Morgan fingerprint density at radius 1 is 1.11 bits per heavy atom. The quantitative estimate of drug-likeness (QED) is 0.405. The Balaban J connectivity index is 1.50. The number of nitrogens with zero attached hydrogens (tertiary/aromatic N) is 4. The largest absolute Gasteiger partial charge is 0.491 e. The minimum atomic E-state index is -0.220. The molecule has 0 aliphatic carbocycles. The highest BCUT2D eigenvalue weighted by Crippen LogP contribution is 2.35. The molecule has 2 aliphatic heterocycles. The molecule has 0 bridgehead atoms. The van der Waals surface area contributed by atoms with Crippen LogP contribution >= 0.6 is 11.8 Å². The first-order valence-corrected chi connectivity index (χ1v) is 13.4. The lowest BCUT2D eigenvalue weighted by Crippen LogP contribution is -2.47. The number of morpholine rings is 1. The summed E-state index contributed by atoms with van der Waals surface area (Å²) >= 11 is 1.42. The van der Waals surface area contributed by atoms with E-state index in [1.54, 1.807) is 0 Å². The molecule has 5 rings (SSSR count). The number of thioether (sulfide) groups is 1. The van der Waals surface area contributed by atoms with E-state index >= 15 is 0 Å². The minimum Gasteiger partial charge on any atom is -0.491 e. The standard InChI is InChI=1S/C29H32N4O3S/c1-18(2)35-25-12-11-22(13-19(25)3)27-23(17-33(31-27)24-9-7-6-8-10-24)14-26-28(34)30-29(37-26)32-15-20(4)36-21(5)16-32/h6-14,17-18,20-21H,15-16H2,1-5H3/b26-14-/t20-,21-/m0/s1. The lowest BCUT2D eigenvalue weighted by Gasteiger charge is -2.35. The van der Waals surface area contributed by atoms with Crippen molar-refractivity contribution in [2.45, 2.75) is 52.9 Å². The summed E-state index contributed by atoms with van der Waals surface area (Å²) in [5, 5.41) is 5.66. The van der Waals surface area contributed by atoms with Gasteiger partial charge in [-0.1, -0.05) is 18.2 Å². The molecule has 0 radical (unpaired) electrons. The van der Waals surface area contributed by atoms with Crippen molar-refractivity contribution in [2.75, 3.05) is 13.1 Å². The zero-order valence-corrected chi connectivity index (χ0v) is 22.7. The number of hydrogen-bond donors (Lipinski definition) is 0. The monoisotopic (exact) mass is 516 g/mol. The second-order valence-electron chi connectivity index (χ2n) is 9.83. The first-order chi connectivity index (χ1) is 17.8. The molecule has 1 aromatic heterocycles. The molecule has 2 aromatic carbocycles. The SMILES string of the molecule is Cc1cc(-c2nn(-c3ccccc3)cc2/C=C2\SC(N3C[C@H](C)O[C@@H](C)C3)=NC2=O)ccc1OC(C)C. The van der Waals surface area contributed by atoms with Crippen molar-refractivity contribution in [2.24, 2.45) is 4.99 Å². The highest BCUT2D eigenvalue weighted by molar-refractivity contribution is 8.18. The number of aromatic nitrogens is 2. The van der Waals surface area contributed by atoms with E-state index in [2.05, 4.69) is 16.0 Å². The molecule has 3 heterocycles. The van der Waals surface area contributed by atoms with Gasteiger partial charge in [0.25, 0.3) is 5.91 Å². The maximum absolute atomic E-state index is 12.9. The van der Waals surface area contributed by atoms with Gasteiger partial charge in [0.05, 0.1) is 28.9 Å². The van der Waals surface area contributed by atoms with Gasteiger partial charge in [0, 0.05) is 30.4 Å². The van der Waals surface area contributed by atoms with E-state index in [1.165, 1.54) is 11.8 Å². The van der Waals surface area contributed by atoms with Crippen LogP contribution < -0.4 is 4.74 Å². The van der Waals surface area contributed by atoms with E-state index in [-0.39, 0.29) is 24.2 Å². The smallest absolute Gasteiger partial charge is 0.286 e. The summed E-state index contributed by atoms with van der Waals surface area (Å²) in [5.74, 6) is 0.636. The van der Waals surface area contributed by atoms with Crippen LogP contribution in [-0.4, -0.2) is 57.2 Å². The molecule has 3 aromatic rings. The van der Waals surface area contributed by atoms with Gasteiger partial charge >= 0.3 is 0 Å². The van der Waals surface area contributed by atoms with Crippen LogP contribution in [0.4, 0.5) is 0 Å². The highest BCUT2D eigenvalue weighted by atomic mass is 32.2. The summed E-state index contributed by atoms with van der Waals surface area (Å²) in [6.07, 6.45) is 4.16. The van der Waals surface area contributed by atoms with Gasteiger partial charge in [0.15, 0.2) is 5.17 Å². The summed E-state index contributed by atoms with van der Waals surface area (Å²) in [6.45, 7) is 11.6. The molecule has 7 nitrogen and oxygen atoms in total. The van der Waals surface area contributed by atoms with Crippen molar-refractivity contribution >= 4 is 28.9 Å². The molecule has 192 valence electrons. The highest BCUT2D eigenvalue weighted by Gasteiger charge is 2.31. The van der Waals surface area contributed by atoms with Gasteiger partial charge in [0.1, 0.15) is 11.4 Å².